The van der Waals surface area contributed by atoms with E-state index in [1.54, 1.807) is 0 Å². The molecule has 0 fully saturated rings. The molecule has 0 radical (unpaired) electrons. The molecule has 0 spiro atoms. The van der Waals surface area contributed by atoms with Crippen LogP contribution in [0.2, 0.25) is 0 Å². The number of allylic oxidation sites excluding steroid dienone is 1. The first-order valence-electron chi connectivity index (χ1n) is 6.32. The Morgan fingerprint density at radius 3 is 2.42 bits per heavy atom. The fourth-order valence-electron chi connectivity index (χ4n) is 2.14. The maximum Gasteiger partial charge on any atom is 0.0594 e. The van der Waals surface area contributed by atoms with E-state index >= 15 is 0 Å². The summed E-state index contributed by atoms with van der Waals surface area (Å²) in [5.74, 6) is 0. The topological polar surface area (TPSA) is 3.24 Å². The van der Waals surface area contributed by atoms with Gasteiger partial charge in [0, 0.05) is 5.69 Å². The van der Waals surface area contributed by atoms with Crippen molar-refractivity contribution in [3.8, 4) is 0 Å². The summed E-state index contributed by atoms with van der Waals surface area (Å²) in [7, 11) is 0. The summed E-state index contributed by atoms with van der Waals surface area (Å²) in [6.45, 7) is 9.15. The van der Waals surface area contributed by atoms with Crippen molar-refractivity contribution in [3.05, 3.63) is 71.8 Å². The zero-order chi connectivity index (χ0) is 13.8. The molecule has 0 atom stereocenters. The lowest BCUT2D eigenvalue weighted by Crippen LogP contribution is -2.11. The van der Waals surface area contributed by atoms with Gasteiger partial charge in [-0.05, 0) is 36.6 Å². The highest BCUT2D eigenvalue weighted by atomic mass is 127. The van der Waals surface area contributed by atoms with E-state index in [9.17, 15) is 0 Å². The summed E-state index contributed by atoms with van der Waals surface area (Å²) < 4.78 is 2.26. The molecule has 0 N–H and O–H groups in total. The number of rotatable bonds is 4. The number of hydrogen-bond donors (Lipinski definition) is 0. The fraction of sp³-hybridized carbons (Fsp3) is 0.176. The first kappa shape index (κ1) is 14.1. The molecule has 0 heterocycles. The predicted octanol–water partition coefficient (Wildman–Crippen LogP) is 5.38. The number of aryl methyl sites for hydroxylation is 1. The Labute approximate surface area is 129 Å². The SMILES string of the molecule is C=C(C)c1ccccc1CN(I)c1ccccc1C. The first-order chi connectivity index (χ1) is 9.09. The van der Waals surface area contributed by atoms with Crippen molar-refractivity contribution in [1.82, 2.24) is 0 Å². The van der Waals surface area contributed by atoms with E-state index in [1.807, 2.05) is 0 Å². The van der Waals surface area contributed by atoms with E-state index in [0.717, 1.165) is 12.1 Å². The second kappa shape index (κ2) is 6.24. The normalized spacial score (nSPS) is 10.3. The maximum atomic E-state index is 4.06. The Kier molecular flexibility index (Phi) is 4.64. The average molecular weight is 363 g/mol. The van der Waals surface area contributed by atoms with Crippen LogP contribution in [-0.2, 0) is 6.54 Å². The van der Waals surface area contributed by atoms with Crippen LogP contribution in [0.25, 0.3) is 5.57 Å². The van der Waals surface area contributed by atoms with Crippen molar-refractivity contribution in [2.24, 2.45) is 0 Å². The van der Waals surface area contributed by atoms with Gasteiger partial charge >= 0.3 is 0 Å². The van der Waals surface area contributed by atoms with E-state index in [-0.39, 0.29) is 0 Å². The third-order valence-corrected chi connectivity index (χ3v) is 4.02. The summed E-state index contributed by atoms with van der Waals surface area (Å²) in [5, 5.41) is 0. The van der Waals surface area contributed by atoms with Crippen LogP contribution in [0.5, 0.6) is 0 Å². The summed E-state index contributed by atoms with van der Waals surface area (Å²) >= 11 is 2.38. The molecule has 0 aliphatic rings. The Balaban J connectivity index is 2.27. The number of halogens is 1. The molecule has 0 aliphatic heterocycles. The van der Waals surface area contributed by atoms with Crippen molar-refractivity contribution in [3.63, 3.8) is 0 Å². The van der Waals surface area contributed by atoms with Crippen LogP contribution in [0.4, 0.5) is 5.69 Å². The zero-order valence-electron chi connectivity index (χ0n) is 11.4. The standard InChI is InChI=1S/C17H18IN/c1-13(2)16-10-6-5-9-15(16)12-19(18)17-11-7-4-8-14(17)3/h4-11H,1,12H2,2-3H3. The van der Waals surface area contributed by atoms with Gasteiger partial charge in [-0.25, -0.2) is 0 Å². The maximum absolute atomic E-state index is 4.06. The third-order valence-electron chi connectivity index (χ3n) is 3.16. The van der Waals surface area contributed by atoms with Gasteiger partial charge in [-0.3, -0.25) is 0 Å². The van der Waals surface area contributed by atoms with Gasteiger partial charge in [0.2, 0.25) is 0 Å². The van der Waals surface area contributed by atoms with Crippen LogP contribution < -0.4 is 3.11 Å². The molecule has 0 aliphatic carbocycles. The molecule has 98 valence electrons. The number of benzene rings is 2. The van der Waals surface area contributed by atoms with Crippen molar-refractivity contribution >= 4 is 34.1 Å². The second-order valence-corrected chi connectivity index (χ2v) is 5.91. The number of anilines is 1. The lowest BCUT2D eigenvalue weighted by atomic mass is 10.0. The summed E-state index contributed by atoms with van der Waals surface area (Å²) in [6.07, 6.45) is 0. The van der Waals surface area contributed by atoms with Crippen LogP contribution in [-0.4, -0.2) is 0 Å². The van der Waals surface area contributed by atoms with Crippen LogP contribution in [0.1, 0.15) is 23.6 Å². The monoisotopic (exact) mass is 363 g/mol. The van der Waals surface area contributed by atoms with Gasteiger partial charge < -0.3 is 3.11 Å². The molecule has 2 rings (SSSR count). The van der Waals surface area contributed by atoms with Crippen LogP contribution in [0, 0.1) is 6.92 Å². The predicted molar refractivity (Wildman–Crippen MR) is 92.5 cm³/mol. The first-order valence-corrected chi connectivity index (χ1v) is 7.29. The van der Waals surface area contributed by atoms with Crippen LogP contribution >= 0.6 is 22.9 Å². The highest BCUT2D eigenvalue weighted by Gasteiger charge is 2.09. The lowest BCUT2D eigenvalue weighted by Gasteiger charge is -2.20. The highest BCUT2D eigenvalue weighted by molar-refractivity contribution is 14.1. The molecular weight excluding hydrogens is 345 g/mol. The van der Waals surface area contributed by atoms with Gasteiger partial charge in [-0.2, -0.15) is 0 Å². The Bertz CT molecular complexity index is 589. The molecule has 2 heteroatoms. The Morgan fingerprint density at radius 2 is 1.74 bits per heavy atom. The minimum atomic E-state index is 0.883. The van der Waals surface area contributed by atoms with E-state index < -0.39 is 0 Å². The Hall–Kier alpha value is -1.29. The second-order valence-electron chi connectivity index (χ2n) is 4.74. The number of hydrogen-bond acceptors (Lipinski definition) is 1. The molecule has 0 amide bonds. The minimum absolute atomic E-state index is 0.883. The van der Waals surface area contributed by atoms with Gasteiger partial charge in [0.15, 0.2) is 0 Å². The van der Waals surface area contributed by atoms with Gasteiger partial charge in [-0.15, -0.1) is 0 Å². The minimum Gasteiger partial charge on any atom is -0.310 e. The van der Waals surface area contributed by atoms with Gasteiger partial charge in [0.05, 0.1) is 29.4 Å². The van der Waals surface area contributed by atoms with Crippen molar-refractivity contribution in [1.29, 1.82) is 0 Å². The lowest BCUT2D eigenvalue weighted by molar-refractivity contribution is 1.07. The van der Waals surface area contributed by atoms with Crippen molar-refractivity contribution in [2.45, 2.75) is 20.4 Å². The quantitative estimate of drug-likeness (QED) is 0.520. The van der Waals surface area contributed by atoms with Gasteiger partial charge in [-0.1, -0.05) is 54.6 Å². The molecule has 0 saturated heterocycles. The van der Waals surface area contributed by atoms with E-state index in [0.29, 0.717) is 0 Å². The highest BCUT2D eigenvalue weighted by Crippen LogP contribution is 2.27. The van der Waals surface area contributed by atoms with Crippen LogP contribution in [0.3, 0.4) is 0 Å². The fourth-order valence-corrected chi connectivity index (χ4v) is 3.05. The Morgan fingerprint density at radius 1 is 1.11 bits per heavy atom. The summed E-state index contributed by atoms with van der Waals surface area (Å²) in [6, 6.07) is 16.9. The third kappa shape index (κ3) is 3.38. The molecule has 2 aromatic rings. The van der Waals surface area contributed by atoms with Crippen molar-refractivity contribution < 1.29 is 0 Å². The largest absolute Gasteiger partial charge is 0.310 e. The van der Waals surface area contributed by atoms with E-state index in [1.165, 1.54) is 22.4 Å². The molecule has 0 saturated carbocycles. The smallest absolute Gasteiger partial charge is 0.0594 e. The molecule has 1 nitrogen and oxygen atoms in total. The summed E-state index contributed by atoms with van der Waals surface area (Å²) in [4.78, 5) is 0. The zero-order valence-corrected chi connectivity index (χ0v) is 13.5. The van der Waals surface area contributed by atoms with Crippen LogP contribution in [0.15, 0.2) is 55.1 Å². The van der Waals surface area contributed by atoms with E-state index in [4.69, 9.17) is 0 Å². The summed E-state index contributed by atoms with van der Waals surface area (Å²) in [5.41, 5.74) is 6.24. The van der Waals surface area contributed by atoms with Gasteiger partial charge in [0.25, 0.3) is 0 Å². The van der Waals surface area contributed by atoms with E-state index in [2.05, 4.69) is 94.9 Å². The molecule has 19 heavy (non-hydrogen) atoms. The van der Waals surface area contributed by atoms with Crippen molar-refractivity contribution in [2.75, 3.05) is 3.11 Å². The molecular formula is C17H18IN. The number of nitrogens with zero attached hydrogens (tertiary/aromatic N) is 1. The molecule has 0 unspecified atom stereocenters. The van der Waals surface area contributed by atoms with Gasteiger partial charge in [0.1, 0.15) is 0 Å². The average Bonchev–Trinajstić information content (AvgIpc) is 2.39. The molecule has 0 bridgehead atoms. The molecule has 0 aromatic heterocycles. The number of para-hydroxylation sites is 1. The molecule has 2 aromatic carbocycles.